The zero-order valence-corrected chi connectivity index (χ0v) is 15.8. The summed E-state index contributed by atoms with van der Waals surface area (Å²) < 4.78 is 20.4. The molecule has 4 rings (SSSR count). The average molecular weight is 377 g/mol. The van der Waals surface area contributed by atoms with Crippen molar-refractivity contribution in [3.05, 3.63) is 83.5 Å². The van der Waals surface area contributed by atoms with E-state index in [2.05, 4.69) is 21.6 Å². The number of aromatic nitrogens is 2. The Bertz CT molecular complexity index is 936. The van der Waals surface area contributed by atoms with Crippen LogP contribution in [0.25, 0.3) is 11.5 Å². The van der Waals surface area contributed by atoms with Crippen molar-refractivity contribution in [1.29, 1.82) is 0 Å². The average Bonchev–Trinajstić information content (AvgIpc) is 3.23. The van der Waals surface area contributed by atoms with Gasteiger partial charge in [-0.05, 0) is 56.8 Å². The molecule has 4 nitrogen and oxygen atoms in total. The fourth-order valence-corrected chi connectivity index (χ4v) is 3.60. The van der Waals surface area contributed by atoms with Gasteiger partial charge in [-0.3, -0.25) is 0 Å². The highest BCUT2D eigenvalue weighted by Crippen LogP contribution is 2.27. The third-order valence-corrected chi connectivity index (χ3v) is 5.10. The Morgan fingerprint density at radius 2 is 1.82 bits per heavy atom. The number of benzene rings is 2. The molecule has 0 amide bonds. The molecular weight excluding hydrogens is 353 g/mol. The normalized spacial score (nSPS) is 15.2. The Morgan fingerprint density at radius 3 is 2.61 bits per heavy atom. The Kier molecular flexibility index (Phi) is 5.92. The first-order valence-corrected chi connectivity index (χ1v) is 9.86. The molecule has 0 aliphatic heterocycles. The zero-order chi connectivity index (χ0) is 19.2. The highest BCUT2D eigenvalue weighted by Gasteiger charge is 2.23. The number of halogens is 1. The van der Waals surface area contributed by atoms with Gasteiger partial charge in [0.15, 0.2) is 0 Å². The first-order chi connectivity index (χ1) is 13.8. The van der Waals surface area contributed by atoms with Crippen LogP contribution in [-0.2, 0) is 0 Å². The maximum Gasteiger partial charge on any atom is 0.247 e. The maximum absolute atomic E-state index is 14.5. The van der Waals surface area contributed by atoms with Gasteiger partial charge in [-0.1, -0.05) is 48.0 Å². The summed E-state index contributed by atoms with van der Waals surface area (Å²) in [6, 6.07) is 15.9. The van der Waals surface area contributed by atoms with Crippen molar-refractivity contribution in [2.45, 2.75) is 38.1 Å². The second-order valence-corrected chi connectivity index (χ2v) is 7.08. The molecule has 0 spiro atoms. The summed E-state index contributed by atoms with van der Waals surface area (Å²) in [4.78, 5) is 0. The summed E-state index contributed by atoms with van der Waals surface area (Å²) in [5.74, 6) is 0.534. The van der Waals surface area contributed by atoms with Crippen molar-refractivity contribution in [2.24, 2.45) is 0 Å². The lowest BCUT2D eigenvalue weighted by Crippen LogP contribution is -2.25. The standard InChI is InChI=1S/C23H24FN3O/c24-20-14-8-7-13-19(20)21(25-16-15-17-9-3-1-4-10-17)23-27-26-22(28-23)18-11-5-2-6-12-18/h2,5-9,11-14,21,25H,1,3-4,10,15-16H2/t21-/m1/s1. The topological polar surface area (TPSA) is 51.0 Å². The van der Waals surface area contributed by atoms with E-state index in [9.17, 15) is 4.39 Å². The maximum atomic E-state index is 14.5. The summed E-state index contributed by atoms with van der Waals surface area (Å²) >= 11 is 0. The van der Waals surface area contributed by atoms with Gasteiger partial charge in [0.1, 0.15) is 11.9 Å². The lowest BCUT2D eigenvalue weighted by atomic mass is 9.97. The molecule has 0 saturated heterocycles. The molecule has 5 heteroatoms. The van der Waals surface area contributed by atoms with E-state index in [1.54, 1.807) is 12.1 Å². The van der Waals surface area contributed by atoms with E-state index in [1.165, 1.54) is 24.5 Å². The second kappa shape index (κ2) is 8.93. The molecule has 1 aliphatic rings. The number of hydrogen-bond donors (Lipinski definition) is 1. The van der Waals surface area contributed by atoms with Crippen molar-refractivity contribution in [3.63, 3.8) is 0 Å². The van der Waals surface area contributed by atoms with Gasteiger partial charge in [0.05, 0.1) is 0 Å². The van der Waals surface area contributed by atoms with E-state index >= 15 is 0 Å². The number of rotatable bonds is 7. The Labute approximate surface area is 164 Å². The molecule has 1 N–H and O–H groups in total. The van der Waals surface area contributed by atoms with E-state index in [-0.39, 0.29) is 5.82 Å². The van der Waals surface area contributed by atoms with Crippen molar-refractivity contribution in [1.82, 2.24) is 15.5 Å². The smallest absolute Gasteiger partial charge is 0.247 e. The molecule has 1 aliphatic carbocycles. The highest BCUT2D eigenvalue weighted by atomic mass is 19.1. The van der Waals surface area contributed by atoms with Gasteiger partial charge in [0.25, 0.3) is 0 Å². The summed E-state index contributed by atoms with van der Waals surface area (Å²) in [7, 11) is 0. The van der Waals surface area contributed by atoms with Gasteiger partial charge in [0, 0.05) is 11.1 Å². The Balaban J connectivity index is 1.56. The van der Waals surface area contributed by atoms with Crippen LogP contribution < -0.4 is 5.32 Å². The largest absolute Gasteiger partial charge is 0.419 e. The lowest BCUT2D eigenvalue weighted by Gasteiger charge is -2.18. The van der Waals surface area contributed by atoms with E-state index in [1.807, 2.05) is 36.4 Å². The van der Waals surface area contributed by atoms with E-state index in [0.29, 0.717) is 17.3 Å². The van der Waals surface area contributed by atoms with E-state index < -0.39 is 6.04 Å². The van der Waals surface area contributed by atoms with Crippen molar-refractivity contribution in [3.8, 4) is 11.5 Å². The van der Waals surface area contributed by atoms with Crippen LogP contribution >= 0.6 is 0 Å². The van der Waals surface area contributed by atoms with Crippen LogP contribution in [0.4, 0.5) is 4.39 Å². The van der Waals surface area contributed by atoms with Gasteiger partial charge in [0.2, 0.25) is 11.8 Å². The van der Waals surface area contributed by atoms with Crippen LogP contribution in [0.15, 0.2) is 70.7 Å². The number of hydrogen-bond acceptors (Lipinski definition) is 4. The van der Waals surface area contributed by atoms with Crippen LogP contribution in [0.5, 0.6) is 0 Å². The van der Waals surface area contributed by atoms with Gasteiger partial charge in [-0.2, -0.15) is 0 Å². The molecule has 0 fully saturated rings. The van der Waals surface area contributed by atoms with Crippen LogP contribution in [0.3, 0.4) is 0 Å². The van der Waals surface area contributed by atoms with Crippen LogP contribution in [-0.4, -0.2) is 16.7 Å². The van der Waals surface area contributed by atoms with Crippen LogP contribution in [0, 0.1) is 5.82 Å². The van der Waals surface area contributed by atoms with Crippen molar-refractivity contribution >= 4 is 0 Å². The SMILES string of the molecule is Fc1ccccc1[C@@H](NCCC1=CCCCC1)c1nnc(-c2ccccc2)o1. The minimum Gasteiger partial charge on any atom is -0.419 e. The molecule has 1 atom stereocenters. The molecule has 0 bridgehead atoms. The molecule has 1 heterocycles. The fraction of sp³-hybridized carbons (Fsp3) is 0.304. The minimum atomic E-state index is -0.477. The third kappa shape index (κ3) is 4.37. The number of nitrogens with one attached hydrogen (secondary N) is 1. The van der Waals surface area contributed by atoms with Crippen molar-refractivity contribution < 1.29 is 8.81 Å². The Morgan fingerprint density at radius 1 is 1.00 bits per heavy atom. The second-order valence-electron chi connectivity index (χ2n) is 7.08. The number of allylic oxidation sites excluding steroid dienone is 1. The van der Waals surface area contributed by atoms with Crippen LogP contribution in [0.1, 0.15) is 49.6 Å². The summed E-state index contributed by atoms with van der Waals surface area (Å²) in [6.07, 6.45) is 8.14. The first kappa shape index (κ1) is 18.6. The van der Waals surface area contributed by atoms with Gasteiger partial charge >= 0.3 is 0 Å². The van der Waals surface area contributed by atoms with Gasteiger partial charge in [-0.25, -0.2) is 4.39 Å². The molecule has 144 valence electrons. The molecule has 1 aromatic heterocycles. The summed E-state index contributed by atoms with van der Waals surface area (Å²) in [6.45, 7) is 0.730. The molecular formula is C23H24FN3O. The summed E-state index contributed by atoms with van der Waals surface area (Å²) in [5.41, 5.74) is 2.84. The third-order valence-electron chi connectivity index (χ3n) is 5.10. The monoisotopic (exact) mass is 377 g/mol. The Hall–Kier alpha value is -2.79. The molecule has 0 unspecified atom stereocenters. The fourth-order valence-electron chi connectivity index (χ4n) is 3.60. The molecule has 0 radical (unpaired) electrons. The van der Waals surface area contributed by atoms with E-state index in [0.717, 1.165) is 31.4 Å². The lowest BCUT2D eigenvalue weighted by molar-refractivity contribution is 0.428. The molecule has 3 aromatic rings. The molecule has 28 heavy (non-hydrogen) atoms. The van der Waals surface area contributed by atoms with E-state index in [4.69, 9.17) is 4.42 Å². The number of nitrogens with zero attached hydrogens (tertiary/aromatic N) is 2. The van der Waals surface area contributed by atoms with Gasteiger partial charge < -0.3 is 9.73 Å². The molecule has 0 saturated carbocycles. The quantitative estimate of drug-likeness (QED) is 0.557. The minimum absolute atomic E-state index is 0.281. The van der Waals surface area contributed by atoms with Gasteiger partial charge in [-0.15, -0.1) is 10.2 Å². The predicted molar refractivity (Wildman–Crippen MR) is 107 cm³/mol. The summed E-state index contributed by atoms with van der Waals surface area (Å²) in [5, 5.41) is 11.8. The van der Waals surface area contributed by atoms with Crippen LogP contribution in [0.2, 0.25) is 0 Å². The zero-order valence-electron chi connectivity index (χ0n) is 15.8. The first-order valence-electron chi connectivity index (χ1n) is 9.86. The molecule has 2 aromatic carbocycles. The predicted octanol–water partition coefficient (Wildman–Crippen LogP) is 5.45. The van der Waals surface area contributed by atoms with Crippen molar-refractivity contribution in [2.75, 3.05) is 6.54 Å². The highest BCUT2D eigenvalue weighted by molar-refractivity contribution is 5.51.